The number of benzene rings is 1. The van der Waals surface area contributed by atoms with Crippen molar-refractivity contribution < 1.29 is 5.11 Å². The molecule has 0 bridgehead atoms. The van der Waals surface area contributed by atoms with E-state index in [2.05, 4.69) is 49.4 Å². The van der Waals surface area contributed by atoms with Crippen LogP contribution in [0.1, 0.15) is 39.7 Å². The lowest BCUT2D eigenvalue weighted by Gasteiger charge is -2.15. The molecular weight excluding hydrogens is 392 g/mol. The molecule has 4 aromatic rings. The van der Waals surface area contributed by atoms with E-state index < -0.39 is 6.23 Å². The predicted molar refractivity (Wildman–Crippen MR) is 121 cm³/mol. The number of nitrogens with zero attached hydrogens (tertiary/aromatic N) is 6. The van der Waals surface area contributed by atoms with Gasteiger partial charge in [-0.1, -0.05) is 25.5 Å². The second-order valence-corrected chi connectivity index (χ2v) is 7.59. The molecule has 0 saturated heterocycles. The van der Waals surface area contributed by atoms with Crippen LogP contribution >= 0.6 is 0 Å². The van der Waals surface area contributed by atoms with Gasteiger partial charge in [-0.15, -0.1) is 0 Å². The molecule has 3 heterocycles. The minimum atomic E-state index is -0.710. The first-order valence-electron chi connectivity index (χ1n) is 10.4. The van der Waals surface area contributed by atoms with Gasteiger partial charge in [-0.25, -0.2) is 15.0 Å². The Bertz CT molecular complexity index is 1140. The normalized spacial score (nSPS) is 12.3. The maximum atomic E-state index is 10.2. The third kappa shape index (κ3) is 4.61. The molecule has 0 radical (unpaired) electrons. The molecule has 0 aliphatic rings. The number of aliphatic hydroxyl groups is 1. The molecule has 160 valence electrons. The van der Waals surface area contributed by atoms with Crippen LogP contribution < -0.4 is 10.6 Å². The molecule has 9 heteroatoms. The molecule has 0 fully saturated rings. The van der Waals surface area contributed by atoms with Crippen molar-refractivity contribution in [2.45, 2.75) is 45.9 Å². The standard InChI is InChI=1S/C22H26N8O/c1-4-5-18(31)27-22-28-20(19-21(29-22)30(13-25-19)14(2)3)26-17-8-6-15(7-9-17)16-10-23-12-24-11-16/h6-14,18,31H,4-5H2,1-3H3,(H2,26,27,28,29)/t18-/m1/s1. The van der Waals surface area contributed by atoms with Crippen molar-refractivity contribution in [1.82, 2.24) is 29.5 Å². The Balaban J connectivity index is 1.67. The van der Waals surface area contributed by atoms with Crippen molar-refractivity contribution in [1.29, 1.82) is 0 Å². The summed E-state index contributed by atoms with van der Waals surface area (Å²) in [4.78, 5) is 21.8. The molecule has 0 aliphatic carbocycles. The fourth-order valence-electron chi connectivity index (χ4n) is 3.27. The third-order valence-corrected chi connectivity index (χ3v) is 4.88. The largest absolute Gasteiger partial charge is 0.374 e. The van der Waals surface area contributed by atoms with Crippen LogP contribution in [0.3, 0.4) is 0 Å². The van der Waals surface area contributed by atoms with Gasteiger partial charge < -0.3 is 20.3 Å². The van der Waals surface area contributed by atoms with E-state index in [1.807, 2.05) is 35.8 Å². The Labute approximate surface area is 180 Å². The summed E-state index contributed by atoms with van der Waals surface area (Å²) in [6.07, 6.45) is 7.59. The van der Waals surface area contributed by atoms with E-state index in [0.717, 1.165) is 23.2 Å². The van der Waals surface area contributed by atoms with Crippen LogP contribution in [-0.2, 0) is 0 Å². The monoisotopic (exact) mass is 418 g/mol. The second kappa shape index (κ2) is 9.05. The maximum Gasteiger partial charge on any atom is 0.228 e. The predicted octanol–water partition coefficient (Wildman–Crippen LogP) is 4.14. The number of rotatable bonds is 8. The molecular formula is C22H26N8O. The lowest BCUT2D eigenvalue weighted by Crippen LogP contribution is -2.20. The van der Waals surface area contributed by atoms with Crippen LogP contribution in [0.15, 0.2) is 49.3 Å². The van der Waals surface area contributed by atoms with Crippen LogP contribution in [-0.4, -0.2) is 40.8 Å². The van der Waals surface area contributed by atoms with Crippen molar-refractivity contribution in [3.8, 4) is 11.1 Å². The molecule has 1 aromatic carbocycles. The van der Waals surface area contributed by atoms with Crippen LogP contribution in [0.25, 0.3) is 22.3 Å². The fourth-order valence-corrected chi connectivity index (χ4v) is 3.27. The smallest absolute Gasteiger partial charge is 0.228 e. The van der Waals surface area contributed by atoms with E-state index in [1.165, 1.54) is 6.33 Å². The zero-order valence-corrected chi connectivity index (χ0v) is 17.8. The molecule has 0 unspecified atom stereocenters. The molecule has 3 aromatic heterocycles. The second-order valence-electron chi connectivity index (χ2n) is 7.59. The summed E-state index contributed by atoms with van der Waals surface area (Å²) in [6.45, 7) is 6.16. The summed E-state index contributed by atoms with van der Waals surface area (Å²) in [7, 11) is 0. The molecule has 9 nitrogen and oxygen atoms in total. The molecule has 0 spiro atoms. The molecule has 4 rings (SSSR count). The topological polar surface area (TPSA) is 114 Å². The van der Waals surface area contributed by atoms with E-state index in [1.54, 1.807) is 18.7 Å². The number of anilines is 3. The van der Waals surface area contributed by atoms with E-state index >= 15 is 0 Å². The first kappa shape index (κ1) is 20.7. The summed E-state index contributed by atoms with van der Waals surface area (Å²) in [5.41, 5.74) is 4.21. The summed E-state index contributed by atoms with van der Waals surface area (Å²) in [5.74, 6) is 0.933. The number of hydrogen-bond donors (Lipinski definition) is 3. The number of fused-ring (bicyclic) bond motifs is 1. The van der Waals surface area contributed by atoms with Crippen LogP contribution in [0.2, 0.25) is 0 Å². The first-order valence-corrected chi connectivity index (χ1v) is 10.4. The number of hydrogen-bond acceptors (Lipinski definition) is 8. The lowest BCUT2D eigenvalue weighted by atomic mass is 10.1. The molecule has 31 heavy (non-hydrogen) atoms. The minimum Gasteiger partial charge on any atom is -0.374 e. The van der Waals surface area contributed by atoms with Crippen molar-refractivity contribution in [3.05, 3.63) is 49.3 Å². The molecule has 3 N–H and O–H groups in total. The third-order valence-electron chi connectivity index (χ3n) is 4.88. The van der Waals surface area contributed by atoms with E-state index in [0.29, 0.717) is 29.4 Å². The van der Waals surface area contributed by atoms with Gasteiger partial charge in [0, 0.05) is 29.7 Å². The number of aromatic nitrogens is 6. The zero-order chi connectivity index (χ0) is 21.8. The Kier molecular flexibility index (Phi) is 6.03. The highest BCUT2D eigenvalue weighted by molar-refractivity contribution is 5.86. The van der Waals surface area contributed by atoms with Crippen molar-refractivity contribution >= 4 is 28.6 Å². The highest BCUT2D eigenvalue weighted by Crippen LogP contribution is 2.27. The quantitative estimate of drug-likeness (QED) is 0.366. The summed E-state index contributed by atoms with van der Waals surface area (Å²) in [6, 6.07) is 8.12. The van der Waals surface area contributed by atoms with Gasteiger partial charge in [-0.2, -0.15) is 9.97 Å². The highest BCUT2D eigenvalue weighted by atomic mass is 16.3. The van der Waals surface area contributed by atoms with Gasteiger partial charge in [-0.05, 0) is 38.0 Å². The average Bonchev–Trinajstić information content (AvgIpc) is 3.20. The molecule has 1 atom stereocenters. The summed E-state index contributed by atoms with van der Waals surface area (Å²) < 4.78 is 1.98. The van der Waals surface area contributed by atoms with Gasteiger partial charge >= 0.3 is 0 Å². The first-order chi connectivity index (χ1) is 15.0. The Morgan fingerprint density at radius 3 is 2.45 bits per heavy atom. The number of imidazole rings is 1. The average molecular weight is 419 g/mol. The number of nitrogens with one attached hydrogen (secondary N) is 2. The molecule has 0 amide bonds. The minimum absolute atomic E-state index is 0.188. The molecule has 0 saturated carbocycles. The SMILES string of the molecule is CCC[C@@H](O)Nc1nc(Nc2ccc(-c3cncnc3)cc2)c2ncn(C(C)C)c2n1. The summed E-state index contributed by atoms with van der Waals surface area (Å²) in [5, 5.41) is 16.5. The van der Waals surface area contributed by atoms with Crippen LogP contribution in [0.4, 0.5) is 17.5 Å². The Morgan fingerprint density at radius 1 is 1.03 bits per heavy atom. The van der Waals surface area contributed by atoms with Crippen molar-refractivity contribution in [2.75, 3.05) is 10.6 Å². The van der Waals surface area contributed by atoms with E-state index in [-0.39, 0.29) is 6.04 Å². The van der Waals surface area contributed by atoms with E-state index in [4.69, 9.17) is 0 Å². The van der Waals surface area contributed by atoms with Gasteiger partial charge in [0.1, 0.15) is 12.6 Å². The van der Waals surface area contributed by atoms with Gasteiger partial charge in [0.25, 0.3) is 0 Å². The summed E-state index contributed by atoms with van der Waals surface area (Å²) >= 11 is 0. The van der Waals surface area contributed by atoms with Crippen molar-refractivity contribution in [3.63, 3.8) is 0 Å². The van der Waals surface area contributed by atoms with Gasteiger partial charge in [0.05, 0.1) is 6.33 Å². The van der Waals surface area contributed by atoms with E-state index in [9.17, 15) is 5.11 Å². The fraction of sp³-hybridized carbons (Fsp3) is 0.318. The maximum absolute atomic E-state index is 10.2. The Morgan fingerprint density at radius 2 is 1.77 bits per heavy atom. The van der Waals surface area contributed by atoms with Crippen LogP contribution in [0, 0.1) is 0 Å². The number of aliphatic hydroxyl groups excluding tert-OH is 1. The lowest BCUT2D eigenvalue weighted by molar-refractivity contribution is 0.191. The van der Waals surface area contributed by atoms with Gasteiger partial charge in [0.15, 0.2) is 17.0 Å². The zero-order valence-electron chi connectivity index (χ0n) is 17.8. The van der Waals surface area contributed by atoms with Crippen LogP contribution in [0.5, 0.6) is 0 Å². The molecule has 0 aliphatic heterocycles. The van der Waals surface area contributed by atoms with Gasteiger partial charge in [0.2, 0.25) is 5.95 Å². The highest BCUT2D eigenvalue weighted by Gasteiger charge is 2.16. The van der Waals surface area contributed by atoms with Gasteiger partial charge in [-0.3, -0.25) is 0 Å². The Hall–Kier alpha value is -3.59. The van der Waals surface area contributed by atoms with Crippen molar-refractivity contribution in [2.24, 2.45) is 0 Å².